The number of hydrazine groups is 1. The molecular weight excluding hydrogens is 870 g/mol. The molecule has 4 heterocycles. The van der Waals surface area contributed by atoms with Crippen LogP contribution in [0, 0.1) is 13.8 Å². The van der Waals surface area contributed by atoms with Crippen LogP contribution in [0.1, 0.15) is 77.8 Å². The highest BCUT2D eigenvalue weighted by atomic mass is 35.5. The van der Waals surface area contributed by atoms with Crippen molar-refractivity contribution in [2.24, 2.45) is 7.05 Å². The normalized spacial score (nSPS) is 16.1. The molecule has 2 fully saturated rings. The molecule has 1 atom stereocenters. The molecule has 0 radical (unpaired) electrons. The molecule has 8 rings (SSSR count). The first-order valence-electron chi connectivity index (χ1n) is 22.9. The summed E-state index contributed by atoms with van der Waals surface area (Å²) in [4.78, 5) is 54.9. The molecule has 4 N–H and O–H groups in total. The van der Waals surface area contributed by atoms with Crippen LogP contribution in [0.15, 0.2) is 72.8 Å². The number of anilines is 2. The molecule has 4 aromatic carbocycles. The maximum atomic E-state index is 14.7. The molecule has 2 saturated heterocycles. The number of piperazine rings is 1. The van der Waals surface area contributed by atoms with E-state index in [4.69, 9.17) is 31.9 Å². The number of nitrogens with one attached hydrogen (secondary N) is 2. The molecule has 2 aliphatic heterocycles. The van der Waals surface area contributed by atoms with Crippen molar-refractivity contribution in [2.45, 2.75) is 78.5 Å². The number of aryl methyl sites for hydroxylation is 3. The number of halogens is 1. The van der Waals surface area contributed by atoms with Crippen LogP contribution >= 0.6 is 11.6 Å². The van der Waals surface area contributed by atoms with Gasteiger partial charge in [-0.25, -0.2) is 9.80 Å². The summed E-state index contributed by atoms with van der Waals surface area (Å²) in [7, 11) is 3.80. The Kier molecular flexibility index (Phi) is 13.7. The highest BCUT2D eigenvalue weighted by Gasteiger charge is 2.33. The first kappa shape index (κ1) is 47.1. The van der Waals surface area contributed by atoms with Crippen molar-refractivity contribution in [1.82, 2.24) is 34.9 Å². The molecule has 67 heavy (non-hydrogen) atoms. The van der Waals surface area contributed by atoms with E-state index in [1.165, 1.54) is 0 Å². The molecule has 0 aliphatic carbocycles. The van der Waals surface area contributed by atoms with Crippen LogP contribution < -0.4 is 26.1 Å². The van der Waals surface area contributed by atoms with Crippen molar-refractivity contribution < 1.29 is 28.7 Å². The van der Waals surface area contributed by atoms with E-state index in [1.807, 2.05) is 94.8 Å². The van der Waals surface area contributed by atoms with Crippen molar-refractivity contribution in [1.29, 1.82) is 0 Å². The molecule has 2 aromatic heterocycles. The van der Waals surface area contributed by atoms with Crippen LogP contribution in [0.5, 0.6) is 5.75 Å². The van der Waals surface area contributed by atoms with Crippen LogP contribution in [0.3, 0.4) is 0 Å². The zero-order valence-electron chi connectivity index (χ0n) is 39.4. The number of piperidine rings is 1. The smallest absolute Gasteiger partial charge is 0.355 e. The number of carbonyl (C=O) groups excluding carboxylic acids is 4. The van der Waals surface area contributed by atoms with E-state index in [9.17, 15) is 19.2 Å². The van der Waals surface area contributed by atoms with E-state index < -0.39 is 29.4 Å². The lowest BCUT2D eigenvalue weighted by molar-refractivity contribution is -0.134. The van der Waals surface area contributed by atoms with E-state index in [-0.39, 0.29) is 18.7 Å². The molecule has 3 amide bonds. The quantitative estimate of drug-likeness (QED) is 0.0437. The number of aromatic nitrogens is 3. The van der Waals surface area contributed by atoms with Gasteiger partial charge in [-0.3, -0.25) is 29.3 Å². The average Bonchev–Trinajstić information content (AvgIpc) is 3.74. The second kappa shape index (κ2) is 19.4. The van der Waals surface area contributed by atoms with Gasteiger partial charge in [0.1, 0.15) is 23.1 Å². The van der Waals surface area contributed by atoms with Gasteiger partial charge in [0.25, 0.3) is 5.91 Å². The Hall–Kier alpha value is -6.42. The lowest BCUT2D eigenvalue weighted by atomic mass is 9.98. The summed E-state index contributed by atoms with van der Waals surface area (Å²) in [6.45, 7) is 13.8. The predicted molar refractivity (Wildman–Crippen MR) is 262 cm³/mol. The van der Waals surface area contributed by atoms with E-state index >= 15 is 0 Å². The first-order chi connectivity index (χ1) is 32.0. The third kappa shape index (κ3) is 9.85. The number of esters is 1. The average molecular weight is 931 g/mol. The largest absolute Gasteiger partial charge is 0.493 e. The Morgan fingerprint density at radius 3 is 2.39 bits per heavy atom. The zero-order valence-corrected chi connectivity index (χ0v) is 40.1. The van der Waals surface area contributed by atoms with Gasteiger partial charge in [0.15, 0.2) is 0 Å². The van der Waals surface area contributed by atoms with E-state index in [2.05, 4.69) is 43.3 Å². The number of fused-ring (bicyclic) bond motifs is 2. The third-order valence-electron chi connectivity index (χ3n) is 12.8. The maximum Gasteiger partial charge on any atom is 0.355 e. The Bertz CT molecular complexity index is 2870. The van der Waals surface area contributed by atoms with Gasteiger partial charge < -0.3 is 30.1 Å². The fraction of sp³-hybridized carbons (Fsp3) is 0.392. The molecule has 0 bridgehead atoms. The standard InChI is InChI=1S/C51H60ClN9O6/c1-31-43(32(2)57(6)56-31)44-38(52)21-20-36-35(17-12-30-66-41-19-10-14-33-13-8-9-15-34(33)41)47(50(65)67-51(3,4)5)61(46(36)44)29-26-59-24-27-60(28-25-59)58(7)45-37(16-11-18-39(45)53)48(63)54-40-22-23-42(62)55-49(40)64/h8-11,13-16,18-21,40H,12,17,22-30,53H2,1-7H3,(H,54,63)(H,55,62,64). The number of amides is 3. The number of hydrogen-bond acceptors (Lipinski definition) is 11. The molecule has 6 aromatic rings. The Labute approximate surface area is 396 Å². The van der Waals surface area contributed by atoms with Crippen LogP contribution in [-0.4, -0.2) is 106 Å². The van der Waals surface area contributed by atoms with Gasteiger partial charge in [-0.2, -0.15) is 5.10 Å². The minimum absolute atomic E-state index is 0.149. The Balaban J connectivity index is 1.07. The minimum Gasteiger partial charge on any atom is -0.493 e. The van der Waals surface area contributed by atoms with Gasteiger partial charge in [0.2, 0.25) is 11.8 Å². The van der Waals surface area contributed by atoms with Gasteiger partial charge in [0, 0.05) is 87.4 Å². The fourth-order valence-electron chi connectivity index (χ4n) is 9.47. The molecule has 1 unspecified atom stereocenters. The van der Waals surface area contributed by atoms with Crippen LogP contribution in [0.4, 0.5) is 11.4 Å². The maximum absolute atomic E-state index is 14.7. The number of hydrogen-bond donors (Lipinski definition) is 3. The summed E-state index contributed by atoms with van der Waals surface area (Å²) in [5.74, 6) is -0.910. The molecule has 2 aliphatic rings. The van der Waals surface area contributed by atoms with Gasteiger partial charge >= 0.3 is 5.97 Å². The number of para-hydroxylation sites is 1. The van der Waals surface area contributed by atoms with Crippen molar-refractivity contribution in [3.05, 3.63) is 106 Å². The zero-order chi connectivity index (χ0) is 47.7. The number of benzene rings is 4. The first-order valence-corrected chi connectivity index (χ1v) is 23.3. The van der Waals surface area contributed by atoms with Crippen molar-refractivity contribution >= 4 is 68.3 Å². The van der Waals surface area contributed by atoms with Gasteiger partial charge in [-0.1, -0.05) is 60.1 Å². The second-order valence-electron chi connectivity index (χ2n) is 18.4. The molecule has 352 valence electrons. The second-order valence-corrected chi connectivity index (χ2v) is 18.8. The van der Waals surface area contributed by atoms with Crippen LogP contribution in [0.25, 0.3) is 32.8 Å². The molecular formula is C51H60ClN9O6. The number of nitrogens with two attached hydrogens (primary N) is 1. The van der Waals surface area contributed by atoms with Crippen LogP contribution in [0.2, 0.25) is 5.02 Å². The number of nitrogen functional groups attached to an aromatic ring is 1. The van der Waals surface area contributed by atoms with Gasteiger partial charge in [-0.05, 0) is 89.1 Å². The third-order valence-corrected chi connectivity index (χ3v) is 13.1. The Morgan fingerprint density at radius 1 is 0.940 bits per heavy atom. The van der Waals surface area contributed by atoms with E-state index in [0.29, 0.717) is 86.4 Å². The summed E-state index contributed by atoms with van der Waals surface area (Å²) >= 11 is 7.23. The summed E-state index contributed by atoms with van der Waals surface area (Å²) in [6, 6.07) is 22.5. The number of rotatable bonds is 14. The molecule has 15 nitrogen and oxygen atoms in total. The topological polar surface area (TPSA) is 169 Å². The fourth-order valence-corrected chi connectivity index (χ4v) is 9.72. The summed E-state index contributed by atoms with van der Waals surface area (Å²) in [5, 5.41) is 17.6. The van der Waals surface area contributed by atoms with Crippen LogP contribution in [-0.2, 0) is 34.3 Å². The van der Waals surface area contributed by atoms with Gasteiger partial charge in [-0.15, -0.1) is 0 Å². The highest BCUT2D eigenvalue weighted by molar-refractivity contribution is 6.35. The van der Waals surface area contributed by atoms with Crippen molar-refractivity contribution in [2.75, 3.05) is 57.1 Å². The van der Waals surface area contributed by atoms with E-state index in [0.717, 1.165) is 55.5 Å². The summed E-state index contributed by atoms with van der Waals surface area (Å²) in [5.41, 5.74) is 12.8. The monoisotopic (exact) mass is 929 g/mol. The van der Waals surface area contributed by atoms with Crippen molar-refractivity contribution in [3.63, 3.8) is 0 Å². The van der Waals surface area contributed by atoms with Crippen molar-refractivity contribution in [3.8, 4) is 16.9 Å². The summed E-state index contributed by atoms with van der Waals surface area (Å²) < 4.78 is 16.6. The number of nitrogens with zero attached hydrogens (tertiary/aromatic N) is 6. The number of imide groups is 1. The molecule has 16 heteroatoms. The Morgan fingerprint density at radius 2 is 1.67 bits per heavy atom. The molecule has 0 spiro atoms. The predicted octanol–water partition coefficient (Wildman–Crippen LogP) is 7.22. The number of carbonyl (C=O) groups is 4. The lowest BCUT2D eigenvalue weighted by Crippen LogP contribution is -2.54. The lowest BCUT2D eigenvalue weighted by Gasteiger charge is -2.41. The molecule has 0 saturated carbocycles. The number of ether oxygens (including phenoxy) is 2. The van der Waals surface area contributed by atoms with E-state index in [1.54, 1.807) is 18.2 Å². The minimum atomic E-state index is -0.822. The summed E-state index contributed by atoms with van der Waals surface area (Å²) in [6.07, 6.45) is 1.57. The van der Waals surface area contributed by atoms with Gasteiger partial charge in [0.05, 0.1) is 39.8 Å². The highest BCUT2D eigenvalue weighted by Crippen LogP contribution is 2.43. The SMILES string of the molecule is Cc1nn(C)c(C)c1-c1c(Cl)ccc2c(CCCOc3cccc4ccccc34)c(C(=O)OC(C)(C)C)n(CCN3CCN(N(C)c4c(N)cccc4C(=O)NC4CCC(=O)NC4=O)CC3)c12.